The first kappa shape index (κ1) is 20.9. The maximum atomic E-state index is 13.3. The second-order valence-corrected chi connectivity index (χ2v) is 9.34. The van der Waals surface area contributed by atoms with Crippen LogP contribution < -0.4 is 5.32 Å². The van der Waals surface area contributed by atoms with Gasteiger partial charge in [-0.15, -0.1) is 0 Å². The largest absolute Gasteiger partial charge is 0.467 e. The van der Waals surface area contributed by atoms with Crippen LogP contribution in [0.25, 0.3) is 0 Å². The average molecular weight is 396 g/mol. The lowest BCUT2D eigenvalue weighted by atomic mass is 9.82. The molecule has 0 aromatic carbocycles. The van der Waals surface area contributed by atoms with E-state index >= 15 is 0 Å². The third kappa shape index (κ3) is 4.42. The van der Waals surface area contributed by atoms with Crippen LogP contribution >= 0.6 is 0 Å². The van der Waals surface area contributed by atoms with Gasteiger partial charge in [0.05, 0.1) is 12.7 Å². The summed E-state index contributed by atoms with van der Waals surface area (Å²) in [5, 5.41) is 13.9. The standard InChI is InChI=1S/C20H32N2O6/c1-19(2,3)28-18(25)21-14-9-10-20(26,12-5-6-12)11-13-7-8-15(17(24)27-4)22(13)16(14)23/h12-15,26H,5-11H2,1-4H3,(H,21,25)/t13-,14+,15+,20?/m1/s1. The van der Waals surface area contributed by atoms with Crippen molar-refractivity contribution in [1.29, 1.82) is 0 Å². The minimum atomic E-state index is -0.873. The fraction of sp³-hybridized carbons (Fsp3) is 0.850. The average Bonchev–Trinajstić information content (AvgIpc) is 3.37. The highest BCUT2D eigenvalue weighted by molar-refractivity contribution is 5.90. The zero-order valence-corrected chi connectivity index (χ0v) is 17.2. The van der Waals surface area contributed by atoms with Gasteiger partial charge >= 0.3 is 12.1 Å². The molecule has 1 aliphatic carbocycles. The molecular formula is C20H32N2O6. The number of alkyl carbamates (subject to hydrolysis) is 1. The topological polar surface area (TPSA) is 105 Å². The number of carbonyl (C=O) groups is 3. The minimum absolute atomic E-state index is 0.224. The van der Waals surface area contributed by atoms with E-state index in [0.717, 1.165) is 12.8 Å². The molecule has 0 radical (unpaired) electrons. The lowest BCUT2D eigenvalue weighted by molar-refractivity contribution is -0.155. The SMILES string of the molecule is COC(=O)[C@@H]1CC[C@@H]2CC(O)(C3CC3)CC[C@H](NC(=O)OC(C)(C)C)C(=O)N21. The van der Waals surface area contributed by atoms with Crippen molar-refractivity contribution in [3.8, 4) is 0 Å². The van der Waals surface area contributed by atoms with Crippen molar-refractivity contribution >= 4 is 18.0 Å². The minimum Gasteiger partial charge on any atom is -0.467 e. The fourth-order valence-corrected chi connectivity index (χ4v) is 4.57. The third-order valence-corrected chi connectivity index (χ3v) is 6.01. The van der Waals surface area contributed by atoms with Crippen LogP contribution in [0.3, 0.4) is 0 Å². The highest BCUT2D eigenvalue weighted by Gasteiger charge is 2.52. The van der Waals surface area contributed by atoms with Gasteiger partial charge in [-0.25, -0.2) is 9.59 Å². The van der Waals surface area contributed by atoms with Crippen molar-refractivity contribution in [2.75, 3.05) is 7.11 Å². The lowest BCUT2D eigenvalue weighted by Crippen LogP contribution is -2.58. The van der Waals surface area contributed by atoms with Crippen molar-refractivity contribution in [1.82, 2.24) is 10.2 Å². The summed E-state index contributed by atoms with van der Waals surface area (Å²) < 4.78 is 10.2. The predicted octanol–water partition coefficient (Wildman–Crippen LogP) is 1.74. The summed E-state index contributed by atoms with van der Waals surface area (Å²) in [6.45, 7) is 5.26. The number of hydrogen-bond donors (Lipinski definition) is 2. The molecule has 3 aliphatic rings. The number of nitrogens with zero attached hydrogens (tertiary/aromatic N) is 1. The molecule has 1 saturated carbocycles. The van der Waals surface area contributed by atoms with Crippen LogP contribution in [-0.4, -0.2) is 64.4 Å². The van der Waals surface area contributed by atoms with Gasteiger partial charge in [0.1, 0.15) is 17.7 Å². The first-order valence-corrected chi connectivity index (χ1v) is 10.2. The molecular weight excluding hydrogens is 364 g/mol. The van der Waals surface area contributed by atoms with Gasteiger partial charge in [-0.05, 0) is 71.6 Å². The molecule has 158 valence electrons. The number of amides is 2. The number of methoxy groups -OCH3 is 1. The smallest absolute Gasteiger partial charge is 0.408 e. The summed E-state index contributed by atoms with van der Waals surface area (Å²) in [6.07, 6.45) is 3.63. The molecule has 2 heterocycles. The quantitative estimate of drug-likeness (QED) is 0.704. The Bertz CT molecular complexity index is 641. The molecule has 2 aliphatic heterocycles. The van der Waals surface area contributed by atoms with Crippen LogP contribution in [0.15, 0.2) is 0 Å². The number of ether oxygens (including phenoxy) is 2. The number of fused-ring (bicyclic) bond motifs is 1. The summed E-state index contributed by atoms with van der Waals surface area (Å²) in [6, 6.07) is -1.74. The molecule has 2 amide bonds. The Morgan fingerprint density at radius 1 is 1.18 bits per heavy atom. The molecule has 8 nitrogen and oxygen atoms in total. The van der Waals surface area contributed by atoms with Crippen molar-refractivity contribution in [3.05, 3.63) is 0 Å². The zero-order valence-electron chi connectivity index (χ0n) is 17.2. The van der Waals surface area contributed by atoms with Crippen LogP contribution in [0.4, 0.5) is 4.79 Å². The van der Waals surface area contributed by atoms with Gasteiger partial charge in [-0.2, -0.15) is 0 Å². The summed E-state index contributed by atoms with van der Waals surface area (Å²) in [7, 11) is 1.31. The summed E-state index contributed by atoms with van der Waals surface area (Å²) >= 11 is 0. The molecule has 2 saturated heterocycles. The van der Waals surface area contributed by atoms with E-state index in [0.29, 0.717) is 32.1 Å². The zero-order chi connectivity index (χ0) is 20.7. The maximum absolute atomic E-state index is 13.3. The molecule has 0 aromatic heterocycles. The molecule has 0 bridgehead atoms. The molecule has 0 spiro atoms. The van der Waals surface area contributed by atoms with Crippen LogP contribution in [0.5, 0.6) is 0 Å². The molecule has 4 atom stereocenters. The third-order valence-electron chi connectivity index (χ3n) is 6.01. The normalized spacial score (nSPS) is 33.5. The molecule has 1 unspecified atom stereocenters. The Labute approximate surface area is 165 Å². The molecule has 2 N–H and O–H groups in total. The first-order valence-electron chi connectivity index (χ1n) is 10.2. The fourth-order valence-electron chi connectivity index (χ4n) is 4.57. The van der Waals surface area contributed by atoms with E-state index in [9.17, 15) is 19.5 Å². The van der Waals surface area contributed by atoms with Crippen molar-refractivity contribution in [2.45, 2.75) is 95.0 Å². The van der Waals surface area contributed by atoms with Gasteiger partial charge in [0.2, 0.25) is 5.91 Å². The van der Waals surface area contributed by atoms with Gasteiger partial charge in [-0.3, -0.25) is 4.79 Å². The van der Waals surface area contributed by atoms with E-state index in [-0.39, 0.29) is 17.9 Å². The van der Waals surface area contributed by atoms with E-state index in [1.54, 1.807) is 25.7 Å². The monoisotopic (exact) mass is 396 g/mol. The summed E-state index contributed by atoms with van der Waals surface area (Å²) in [4.78, 5) is 39.3. The molecule has 8 heteroatoms. The number of rotatable bonds is 3. The number of aliphatic hydroxyl groups is 1. The summed E-state index contributed by atoms with van der Waals surface area (Å²) in [5.41, 5.74) is -1.56. The van der Waals surface area contributed by atoms with Crippen LogP contribution in [0, 0.1) is 5.92 Å². The van der Waals surface area contributed by atoms with E-state index < -0.39 is 35.3 Å². The molecule has 3 rings (SSSR count). The lowest BCUT2D eigenvalue weighted by Gasteiger charge is -2.41. The van der Waals surface area contributed by atoms with Gasteiger partial charge < -0.3 is 24.8 Å². The molecule has 28 heavy (non-hydrogen) atoms. The van der Waals surface area contributed by atoms with E-state index in [1.807, 2.05) is 0 Å². The Morgan fingerprint density at radius 2 is 1.86 bits per heavy atom. The van der Waals surface area contributed by atoms with Gasteiger partial charge in [0.25, 0.3) is 0 Å². The van der Waals surface area contributed by atoms with Gasteiger partial charge in [0.15, 0.2) is 0 Å². The Kier molecular flexibility index (Phi) is 5.62. The maximum Gasteiger partial charge on any atom is 0.408 e. The number of nitrogens with one attached hydrogen (secondary N) is 1. The van der Waals surface area contributed by atoms with Gasteiger partial charge in [-0.1, -0.05) is 0 Å². The highest BCUT2D eigenvalue weighted by Crippen LogP contribution is 2.47. The summed E-state index contributed by atoms with van der Waals surface area (Å²) in [5.74, 6) is -0.536. The van der Waals surface area contributed by atoms with E-state index in [1.165, 1.54) is 7.11 Å². The van der Waals surface area contributed by atoms with Crippen LogP contribution in [-0.2, 0) is 19.1 Å². The molecule has 3 fully saturated rings. The number of carbonyl (C=O) groups excluding carboxylic acids is 3. The van der Waals surface area contributed by atoms with Crippen molar-refractivity contribution < 1.29 is 29.0 Å². The second-order valence-electron chi connectivity index (χ2n) is 9.34. The second kappa shape index (κ2) is 7.54. The highest BCUT2D eigenvalue weighted by atomic mass is 16.6. The molecule has 0 aromatic rings. The first-order chi connectivity index (χ1) is 13.0. The van der Waals surface area contributed by atoms with Crippen molar-refractivity contribution in [2.24, 2.45) is 5.92 Å². The van der Waals surface area contributed by atoms with Crippen LogP contribution in [0.2, 0.25) is 0 Å². The Balaban J connectivity index is 1.84. The van der Waals surface area contributed by atoms with Crippen LogP contribution in [0.1, 0.15) is 65.7 Å². The number of esters is 1. The van der Waals surface area contributed by atoms with Gasteiger partial charge in [0, 0.05) is 6.04 Å². The number of hydrogen-bond acceptors (Lipinski definition) is 6. The van der Waals surface area contributed by atoms with E-state index in [2.05, 4.69) is 5.32 Å². The Hall–Kier alpha value is -1.83. The Morgan fingerprint density at radius 3 is 2.43 bits per heavy atom. The van der Waals surface area contributed by atoms with Crippen molar-refractivity contribution in [3.63, 3.8) is 0 Å². The van der Waals surface area contributed by atoms with E-state index in [4.69, 9.17) is 9.47 Å². The predicted molar refractivity (Wildman–Crippen MR) is 100 cm³/mol.